The van der Waals surface area contributed by atoms with E-state index in [1.165, 1.54) is 51.4 Å². The zero-order chi connectivity index (χ0) is 44.5. The SMILES string of the molecule is N.[2H]C([2H])(OC(=O)CCCCCCCCCCCCCCCC)[C@@]([2H])(OC(=O)CCCCCCC/C=C\CCCC)C([2H])([2H])OP(=O)(O)OC1[C@H](O)[C@H](O)C(O)[C@H](O)[C@H]1O. The Morgan fingerprint density at radius 2 is 1.02 bits per heavy atom. The maximum Gasteiger partial charge on any atom is 0.472 e. The number of aliphatic hydroxyl groups excluding tert-OH is 5. The molecule has 0 aromatic heterocycles. The van der Waals surface area contributed by atoms with Gasteiger partial charge in [-0.25, -0.2) is 4.57 Å². The van der Waals surface area contributed by atoms with Crippen molar-refractivity contribution in [1.29, 1.82) is 0 Å². The van der Waals surface area contributed by atoms with Crippen LogP contribution in [0.15, 0.2) is 12.2 Å². The van der Waals surface area contributed by atoms with E-state index in [2.05, 4.69) is 35.0 Å². The molecule has 1 aliphatic rings. The molecule has 326 valence electrons. The van der Waals surface area contributed by atoms with E-state index < -0.39 is 82.0 Å². The molecule has 0 spiro atoms. The Kier molecular flexibility index (Phi) is 27.2. The summed E-state index contributed by atoms with van der Waals surface area (Å²) in [5.74, 6) is -2.50. The number of esters is 2. The zero-order valence-electron chi connectivity index (χ0n) is 38.5. The van der Waals surface area contributed by atoms with Crippen molar-refractivity contribution in [2.75, 3.05) is 13.1 Å². The molecule has 0 heterocycles. The molecule has 0 amide bonds. The second kappa shape index (κ2) is 33.5. The Morgan fingerprint density at radius 3 is 1.51 bits per heavy atom. The molecule has 0 saturated heterocycles. The lowest BCUT2D eigenvalue weighted by Crippen LogP contribution is -2.64. The fraction of sp³-hybridized carbons (Fsp3) is 0.900. The second-order valence-corrected chi connectivity index (χ2v) is 15.7. The summed E-state index contributed by atoms with van der Waals surface area (Å²) in [6.07, 6.45) is 8.34. The monoisotopic (exact) mass is 817 g/mol. The molecule has 1 rings (SSSR count). The number of phosphoric ester groups is 1. The standard InChI is InChI=1S/C40H75O13P.H3N/c1-3-5-7-9-11-13-15-16-17-19-20-22-24-26-28-33(41)50-30-32(52-34(42)29-27-25-23-21-18-14-12-10-8-6-4-2)31-51-54(48,49)53-40-38(46)36(44)35(43)37(45)39(40)47;/h10,12,32,35-40,43-47H,3-9,11,13-31H2,1-2H3,(H,48,49);1H3/b12-10-;/t32-,35?,36-,37+,38-,39-,40?;/m1./s1/i30D2,31D2,32D;. The van der Waals surface area contributed by atoms with Crippen molar-refractivity contribution in [3.63, 3.8) is 0 Å². The van der Waals surface area contributed by atoms with Crippen molar-refractivity contribution < 1.29 is 70.0 Å². The highest BCUT2D eigenvalue weighted by Gasteiger charge is 2.51. The van der Waals surface area contributed by atoms with Crippen molar-refractivity contribution >= 4 is 19.8 Å². The number of aliphatic hydroxyl groups is 5. The van der Waals surface area contributed by atoms with Crippen LogP contribution in [0.1, 0.15) is 181 Å². The van der Waals surface area contributed by atoms with Gasteiger partial charge >= 0.3 is 19.8 Å². The molecule has 0 aliphatic heterocycles. The summed E-state index contributed by atoms with van der Waals surface area (Å²) in [7, 11) is -5.99. The summed E-state index contributed by atoms with van der Waals surface area (Å²) in [5, 5.41) is 50.3. The molecular formula is C40H78NO13P. The number of hydrogen-bond donors (Lipinski definition) is 7. The number of rotatable bonds is 34. The van der Waals surface area contributed by atoms with Crippen LogP contribution in [-0.4, -0.2) is 98.2 Å². The van der Waals surface area contributed by atoms with Gasteiger partial charge in [0.2, 0.25) is 0 Å². The Morgan fingerprint density at radius 1 is 0.618 bits per heavy atom. The van der Waals surface area contributed by atoms with Crippen molar-refractivity contribution in [3.8, 4) is 0 Å². The molecule has 0 aromatic carbocycles. The Balaban J connectivity index is 0.0000348. The summed E-state index contributed by atoms with van der Waals surface area (Å²) < 4.78 is 74.6. The predicted molar refractivity (Wildman–Crippen MR) is 212 cm³/mol. The Hall–Kier alpha value is -1.45. The van der Waals surface area contributed by atoms with Gasteiger partial charge in [-0.05, 0) is 32.1 Å². The molecule has 0 radical (unpaired) electrons. The lowest BCUT2D eigenvalue weighted by Gasteiger charge is -2.41. The molecule has 1 aliphatic carbocycles. The Bertz CT molecular complexity index is 1240. The maximum absolute atomic E-state index is 13.1. The number of carbonyl (C=O) groups is 2. The average Bonchev–Trinajstić information content (AvgIpc) is 3.16. The van der Waals surface area contributed by atoms with Gasteiger partial charge in [-0.15, -0.1) is 0 Å². The fourth-order valence-corrected chi connectivity index (χ4v) is 6.86. The molecule has 1 fully saturated rings. The molecule has 15 heteroatoms. The zero-order valence-corrected chi connectivity index (χ0v) is 34.4. The number of hydrogen-bond acceptors (Lipinski definition) is 13. The average molecular weight is 817 g/mol. The minimum atomic E-state index is -5.99. The highest BCUT2D eigenvalue weighted by molar-refractivity contribution is 7.47. The van der Waals surface area contributed by atoms with Crippen LogP contribution in [0, 0.1) is 0 Å². The van der Waals surface area contributed by atoms with Gasteiger partial charge < -0.3 is 46.1 Å². The number of ether oxygens (including phenoxy) is 2. The van der Waals surface area contributed by atoms with Crippen LogP contribution in [-0.2, 0) is 32.7 Å². The Labute approximate surface area is 338 Å². The third-order valence-electron chi connectivity index (χ3n) is 9.43. The fourth-order valence-electron chi connectivity index (χ4n) is 6.06. The van der Waals surface area contributed by atoms with Gasteiger partial charge in [0.15, 0.2) is 6.08 Å². The first-order chi connectivity index (χ1) is 27.8. The van der Waals surface area contributed by atoms with Crippen LogP contribution < -0.4 is 6.15 Å². The van der Waals surface area contributed by atoms with Crippen molar-refractivity contribution in [1.82, 2.24) is 6.15 Å². The second-order valence-electron chi connectivity index (χ2n) is 14.3. The van der Waals surface area contributed by atoms with E-state index in [1.54, 1.807) is 0 Å². The number of allylic oxidation sites excluding steroid dienone is 2. The van der Waals surface area contributed by atoms with Crippen LogP contribution in [0.25, 0.3) is 0 Å². The van der Waals surface area contributed by atoms with E-state index in [4.69, 9.17) is 16.3 Å². The molecule has 0 bridgehead atoms. The van der Waals surface area contributed by atoms with E-state index in [-0.39, 0.29) is 25.4 Å². The van der Waals surface area contributed by atoms with Crippen LogP contribution >= 0.6 is 7.82 Å². The maximum atomic E-state index is 13.1. The third kappa shape index (κ3) is 26.2. The van der Waals surface area contributed by atoms with Gasteiger partial charge in [0.05, 0.1) is 13.4 Å². The van der Waals surface area contributed by atoms with Gasteiger partial charge in [0, 0.05) is 12.8 Å². The summed E-state index contributed by atoms with van der Waals surface area (Å²) in [4.78, 5) is 36.3. The van der Waals surface area contributed by atoms with E-state index in [0.717, 1.165) is 70.6 Å². The first kappa shape index (κ1) is 44.6. The molecule has 55 heavy (non-hydrogen) atoms. The normalized spacial score (nSPS) is 25.3. The largest absolute Gasteiger partial charge is 0.472 e. The molecule has 9 N–H and O–H groups in total. The van der Waals surface area contributed by atoms with E-state index in [0.29, 0.717) is 12.8 Å². The van der Waals surface area contributed by atoms with Gasteiger partial charge in [-0.3, -0.25) is 18.6 Å². The minimum absolute atomic E-state index is 0. The first-order valence-electron chi connectivity index (χ1n) is 23.0. The van der Waals surface area contributed by atoms with Gasteiger partial charge in [-0.1, -0.05) is 142 Å². The minimum Gasteiger partial charge on any atom is -0.462 e. The molecule has 8 atom stereocenters. The number of carbonyl (C=O) groups excluding carboxylic acids is 2. The first-order valence-corrected chi connectivity index (χ1v) is 22.0. The lowest BCUT2D eigenvalue weighted by molar-refractivity contribution is -0.220. The summed E-state index contributed by atoms with van der Waals surface area (Å²) in [6.45, 7) is -3.65. The third-order valence-corrected chi connectivity index (χ3v) is 10.3. The van der Waals surface area contributed by atoms with E-state index in [1.807, 2.05) is 0 Å². The molecular weight excluding hydrogens is 733 g/mol. The van der Waals surface area contributed by atoms with Crippen molar-refractivity contribution in [2.24, 2.45) is 0 Å². The predicted octanol–water partition coefficient (Wildman–Crippen LogP) is 7.27. The van der Waals surface area contributed by atoms with E-state index in [9.17, 15) is 44.6 Å². The van der Waals surface area contributed by atoms with Crippen LogP contribution in [0.3, 0.4) is 0 Å². The molecule has 0 aromatic rings. The smallest absolute Gasteiger partial charge is 0.462 e. The highest BCUT2D eigenvalue weighted by Crippen LogP contribution is 2.47. The van der Waals surface area contributed by atoms with Crippen molar-refractivity contribution in [3.05, 3.63) is 12.2 Å². The number of unbranched alkanes of at least 4 members (excludes halogenated alkanes) is 20. The molecule has 1 saturated carbocycles. The van der Waals surface area contributed by atoms with Crippen molar-refractivity contribution in [2.45, 2.75) is 217 Å². The summed E-state index contributed by atoms with van der Waals surface area (Å²) >= 11 is 0. The highest BCUT2D eigenvalue weighted by atomic mass is 31.2. The van der Waals surface area contributed by atoms with Gasteiger partial charge in [0.1, 0.15) is 43.2 Å². The summed E-state index contributed by atoms with van der Waals surface area (Å²) in [5.41, 5.74) is 0. The summed E-state index contributed by atoms with van der Waals surface area (Å²) in [6, 6.07) is 0. The van der Waals surface area contributed by atoms with Crippen LogP contribution in [0.5, 0.6) is 0 Å². The van der Waals surface area contributed by atoms with Crippen LogP contribution in [0.2, 0.25) is 0 Å². The van der Waals surface area contributed by atoms with Gasteiger partial charge in [0.25, 0.3) is 0 Å². The van der Waals surface area contributed by atoms with Gasteiger partial charge in [-0.2, -0.15) is 0 Å². The topological polar surface area (TPSA) is 245 Å². The van der Waals surface area contributed by atoms with E-state index >= 15 is 0 Å². The lowest BCUT2D eigenvalue weighted by atomic mass is 9.85. The molecule has 14 nitrogen and oxygen atoms in total. The number of phosphoric acid groups is 1. The van der Waals surface area contributed by atoms with Crippen LogP contribution in [0.4, 0.5) is 0 Å². The quantitative estimate of drug-likeness (QED) is 0.0146. The molecule has 3 unspecified atom stereocenters.